The molecule has 0 saturated carbocycles. The molecule has 2 aromatic carbocycles. The first-order chi connectivity index (χ1) is 23.0. The van der Waals surface area contributed by atoms with Crippen LogP contribution in [0, 0.1) is 17.6 Å². The molecule has 0 unspecified atom stereocenters. The monoisotopic (exact) mass is 659 g/mol. The number of anilines is 1. The van der Waals surface area contributed by atoms with Crippen molar-refractivity contribution in [3.8, 4) is 17.3 Å². The van der Waals surface area contributed by atoms with Gasteiger partial charge in [-0.15, -0.1) is 0 Å². The van der Waals surface area contributed by atoms with Crippen LogP contribution in [0.3, 0.4) is 0 Å². The number of nitrogens with zero attached hydrogens (tertiary/aromatic N) is 6. The van der Waals surface area contributed by atoms with Crippen molar-refractivity contribution in [2.45, 2.75) is 45.7 Å². The molecule has 250 valence electrons. The highest BCUT2D eigenvalue weighted by atomic mass is 19.1. The molecule has 14 heteroatoms. The van der Waals surface area contributed by atoms with Crippen LogP contribution in [0.5, 0.6) is 11.6 Å². The fraction of sp³-hybridized carbons (Fsp3) is 0.353. The van der Waals surface area contributed by atoms with Gasteiger partial charge in [-0.05, 0) is 89.6 Å². The first-order valence-corrected chi connectivity index (χ1v) is 15.7. The number of hydrogen-bond acceptors (Lipinski definition) is 8. The van der Waals surface area contributed by atoms with Gasteiger partial charge in [0.1, 0.15) is 17.7 Å². The number of hydrogen-bond donors (Lipinski definition) is 1. The van der Waals surface area contributed by atoms with Gasteiger partial charge in [0.15, 0.2) is 11.6 Å². The predicted molar refractivity (Wildman–Crippen MR) is 172 cm³/mol. The topological polar surface area (TPSA) is 132 Å². The van der Waals surface area contributed by atoms with Crippen molar-refractivity contribution in [1.82, 2.24) is 28.9 Å². The van der Waals surface area contributed by atoms with E-state index in [9.17, 15) is 23.6 Å². The largest absolute Gasteiger partial charge is 0.436 e. The number of carbonyl (C=O) groups excluding carboxylic acids is 2. The summed E-state index contributed by atoms with van der Waals surface area (Å²) in [4.78, 5) is 65.5. The molecule has 0 aliphatic carbocycles. The summed E-state index contributed by atoms with van der Waals surface area (Å²) in [5.41, 5.74) is -0.524. The highest BCUT2D eigenvalue weighted by molar-refractivity contribution is 6.03. The molecule has 0 bridgehead atoms. The van der Waals surface area contributed by atoms with Crippen LogP contribution in [0.25, 0.3) is 5.69 Å². The molecule has 0 atom stereocenters. The summed E-state index contributed by atoms with van der Waals surface area (Å²) < 4.78 is 36.7. The molecular weight excluding hydrogens is 624 g/mol. The Kier molecular flexibility index (Phi) is 9.18. The number of ether oxygens (including phenoxy) is 1. The molecule has 2 aliphatic rings. The molecule has 48 heavy (non-hydrogen) atoms. The summed E-state index contributed by atoms with van der Waals surface area (Å²) in [6.07, 6.45) is 4.57. The number of rotatable bonds is 7. The first-order valence-electron chi connectivity index (χ1n) is 15.7. The van der Waals surface area contributed by atoms with Crippen molar-refractivity contribution < 1.29 is 23.1 Å². The van der Waals surface area contributed by atoms with Gasteiger partial charge in [-0.25, -0.2) is 28.1 Å². The number of nitrogens with one attached hydrogen (secondary N) is 1. The van der Waals surface area contributed by atoms with E-state index in [4.69, 9.17) is 4.74 Å². The third-order valence-electron chi connectivity index (χ3n) is 8.74. The number of aromatic nitrogens is 4. The number of halogens is 2. The second-order valence-corrected chi connectivity index (χ2v) is 12.3. The standard InChI is InChI=1S/C34H35F2N7O5/c1-20(2)42-17-26(33(46)43(34(42)47)24-7-4-22(35)5-8-24)30(44)39-23-6-9-29(27(36)16-23)48-31-25-12-15-41(18-28(25)37-19-38-31)32(45)21-10-13-40(3)14-11-21/h4-9,16-17,19-21H,10-15,18H2,1-3H3,(H,39,44). The summed E-state index contributed by atoms with van der Waals surface area (Å²) in [5, 5.41) is 2.51. The third kappa shape index (κ3) is 6.61. The number of piperidine rings is 1. The maximum Gasteiger partial charge on any atom is 0.335 e. The second-order valence-electron chi connectivity index (χ2n) is 12.3. The summed E-state index contributed by atoms with van der Waals surface area (Å²) in [6, 6.07) is 8.08. The van der Waals surface area contributed by atoms with Crippen LogP contribution in [0.4, 0.5) is 14.5 Å². The smallest absolute Gasteiger partial charge is 0.335 e. The molecule has 4 heterocycles. The normalized spacial score (nSPS) is 15.3. The highest BCUT2D eigenvalue weighted by Crippen LogP contribution is 2.32. The van der Waals surface area contributed by atoms with Crippen LogP contribution in [0.2, 0.25) is 0 Å². The maximum absolute atomic E-state index is 15.3. The average molecular weight is 660 g/mol. The van der Waals surface area contributed by atoms with Crippen LogP contribution in [-0.4, -0.2) is 67.4 Å². The lowest BCUT2D eigenvalue weighted by atomic mass is 9.94. The minimum atomic E-state index is -0.915. The summed E-state index contributed by atoms with van der Waals surface area (Å²) in [7, 11) is 2.05. The Morgan fingerprint density at radius 3 is 2.42 bits per heavy atom. The Morgan fingerprint density at radius 1 is 1.00 bits per heavy atom. The van der Waals surface area contributed by atoms with Gasteiger partial charge in [0.2, 0.25) is 11.8 Å². The van der Waals surface area contributed by atoms with Gasteiger partial charge < -0.3 is 19.9 Å². The molecule has 12 nitrogen and oxygen atoms in total. The van der Waals surface area contributed by atoms with Gasteiger partial charge in [-0.1, -0.05) is 0 Å². The van der Waals surface area contributed by atoms with Gasteiger partial charge in [0.05, 0.1) is 17.9 Å². The van der Waals surface area contributed by atoms with Crippen molar-refractivity contribution >= 4 is 17.5 Å². The molecule has 1 saturated heterocycles. The molecule has 0 spiro atoms. The number of carbonyl (C=O) groups is 2. The van der Waals surface area contributed by atoms with Crippen molar-refractivity contribution in [3.05, 3.63) is 104 Å². The lowest BCUT2D eigenvalue weighted by Gasteiger charge is -2.34. The maximum atomic E-state index is 15.3. The zero-order valence-electron chi connectivity index (χ0n) is 26.8. The van der Waals surface area contributed by atoms with E-state index in [-0.39, 0.29) is 40.4 Å². The SMILES string of the molecule is CC(C)n1cc(C(=O)Nc2ccc(Oc3ncnc4c3CCN(C(=O)C3CCN(C)CC3)C4)c(F)c2)c(=O)n(-c2ccc(F)cc2)c1=O. The molecule has 2 amide bonds. The Hall–Kier alpha value is -5.24. The first kappa shape index (κ1) is 32.7. The van der Waals surface area contributed by atoms with Gasteiger partial charge in [0, 0.05) is 42.0 Å². The third-order valence-corrected chi connectivity index (χ3v) is 8.74. The van der Waals surface area contributed by atoms with Crippen molar-refractivity contribution in [3.63, 3.8) is 0 Å². The minimum absolute atomic E-state index is 0.00805. The zero-order chi connectivity index (χ0) is 34.1. The number of fused-ring (bicyclic) bond motifs is 1. The lowest BCUT2D eigenvalue weighted by molar-refractivity contribution is -0.138. The van der Waals surface area contributed by atoms with Crippen molar-refractivity contribution in [2.75, 3.05) is 32.0 Å². The van der Waals surface area contributed by atoms with Crippen LogP contribution < -0.4 is 21.3 Å². The fourth-order valence-electron chi connectivity index (χ4n) is 5.99. The summed E-state index contributed by atoms with van der Waals surface area (Å²) in [6.45, 7) is 5.98. The Balaban J connectivity index is 1.19. The highest BCUT2D eigenvalue weighted by Gasteiger charge is 2.31. The van der Waals surface area contributed by atoms with E-state index in [1.807, 2.05) is 4.90 Å². The van der Waals surface area contributed by atoms with E-state index in [2.05, 4.69) is 27.2 Å². The van der Waals surface area contributed by atoms with Crippen molar-refractivity contribution in [1.29, 1.82) is 0 Å². The molecule has 1 fully saturated rings. The number of benzene rings is 2. The minimum Gasteiger partial charge on any atom is -0.436 e. The molecular formula is C34H35F2N7O5. The van der Waals surface area contributed by atoms with Crippen LogP contribution in [-0.2, 0) is 17.8 Å². The number of amides is 2. The van der Waals surface area contributed by atoms with Crippen molar-refractivity contribution in [2.24, 2.45) is 5.92 Å². The van der Waals surface area contributed by atoms with Gasteiger partial charge >= 0.3 is 5.69 Å². The quantitative estimate of drug-likeness (QED) is 0.316. The average Bonchev–Trinajstić information content (AvgIpc) is 3.06. The van der Waals surface area contributed by atoms with Gasteiger partial charge in [-0.3, -0.25) is 19.0 Å². The van der Waals surface area contributed by atoms with E-state index >= 15 is 4.39 Å². The predicted octanol–water partition coefficient (Wildman–Crippen LogP) is 3.92. The second kappa shape index (κ2) is 13.5. The van der Waals surface area contributed by atoms with Crippen LogP contribution in [0.1, 0.15) is 54.3 Å². The van der Waals surface area contributed by atoms with Gasteiger partial charge in [-0.2, -0.15) is 0 Å². The summed E-state index contributed by atoms with van der Waals surface area (Å²) in [5.74, 6) is -2.08. The Labute approximate surface area is 274 Å². The van der Waals surface area contributed by atoms with E-state index in [0.29, 0.717) is 30.8 Å². The molecule has 1 N–H and O–H groups in total. The lowest BCUT2D eigenvalue weighted by Crippen LogP contribution is -2.43. The molecule has 2 aliphatic heterocycles. The fourth-order valence-corrected chi connectivity index (χ4v) is 5.99. The zero-order valence-corrected chi connectivity index (χ0v) is 26.8. The van der Waals surface area contributed by atoms with Gasteiger partial charge in [0.25, 0.3) is 11.5 Å². The number of likely N-dealkylation sites (tertiary alicyclic amines) is 1. The van der Waals surface area contributed by atoms with E-state index in [1.165, 1.54) is 35.2 Å². The van der Waals surface area contributed by atoms with E-state index < -0.39 is 34.8 Å². The molecule has 0 radical (unpaired) electrons. The van der Waals surface area contributed by atoms with E-state index in [1.54, 1.807) is 13.8 Å². The summed E-state index contributed by atoms with van der Waals surface area (Å²) >= 11 is 0. The van der Waals surface area contributed by atoms with E-state index in [0.717, 1.165) is 54.9 Å². The van der Waals surface area contributed by atoms with Crippen LogP contribution in [0.15, 0.2) is 64.6 Å². The molecule has 4 aromatic rings. The molecule has 6 rings (SSSR count). The Bertz CT molecular complexity index is 1990. The Morgan fingerprint density at radius 2 is 1.73 bits per heavy atom. The molecule has 2 aromatic heterocycles. The van der Waals surface area contributed by atoms with Crippen LogP contribution >= 0.6 is 0 Å².